The molecule has 0 radical (unpaired) electrons. The van der Waals surface area contributed by atoms with Crippen LogP contribution in [0.25, 0.3) is 0 Å². The highest BCUT2D eigenvalue weighted by Crippen LogP contribution is 2.64. The van der Waals surface area contributed by atoms with E-state index in [1.54, 1.807) is 0 Å². The SMILES string of the molecule is CCCCCC(CCCCC)CCOC(=O)CCC1(C)CC2CC(C)(CCC(=O)OCCN(C)C(C)C)CC(CCC(=O)OCCC(CCCCC)CCCCC)(C2)C1. The molecule has 0 aliphatic heterocycles. The fourth-order valence-electron chi connectivity index (χ4n) is 11.3. The number of ether oxygens (including phenoxy) is 3. The number of esters is 3. The molecule has 2 aliphatic rings. The lowest BCUT2D eigenvalue weighted by Crippen LogP contribution is -2.48. The lowest BCUT2D eigenvalue weighted by molar-refractivity contribution is -0.147. The zero-order valence-corrected chi connectivity index (χ0v) is 40.5. The second-order valence-electron chi connectivity index (χ2n) is 21.0. The first-order valence-corrected chi connectivity index (χ1v) is 25.4. The Morgan fingerprint density at radius 1 is 0.542 bits per heavy atom. The van der Waals surface area contributed by atoms with E-state index in [1.165, 1.54) is 103 Å². The number of unbranched alkanes of at least 4 members (excludes halogenated alkanes) is 8. The number of nitrogens with zero attached hydrogens (tertiary/aromatic N) is 1. The molecule has 0 N–H and O–H groups in total. The molecule has 7 heteroatoms. The molecule has 0 aromatic heterocycles. The van der Waals surface area contributed by atoms with E-state index in [0.29, 0.717) is 62.9 Å². The number of carbonyl (C=O) groups is 3. The van der Waals surface area contributed by atoms with Gasteiger partial charge < -0.3 is 19.1 Å². The van der Waals surface area contributed by atoms with Gasteiger partial charge in [-0.2, -0.15) is 0 Å². The Bertz CT molecular complexity index is 1120. The summed E-state index contributed by atoms with van der Waals surface area (Å²) in [5.41, 5.74) is 0.0158. The van der Waals surface area contributed by atoms with Gasteiger partial charge >= 0.3 is 17.9 Å². The Morgan fingerprint density at radius 3 is 1.29 bits per heavy atom. The van der Waals surface area contributed by atoms with E-state index < -0.39 is 0 Å². The molecule has 0 aromatic rings. The van der Waals surface area contributed by atoms with Gasteiger partial charge in [-0.15, -0.1) is 0 Å². The van der Waals surface area contributed by atoms with Crippen LogP contribution in [0.4, 0.5) is 0 Å². The van der Waals surface area contributed by atoms with Crippen LogP contribution >= 0.6 is 0 Å². The van der Waals surface area contributed by atoms with Crippen LogP contribution in [0.15, 0.2) is 0 Å². The largest absolute Gasteiger partial charge is 0.466 e. The minimum absolute atomic E-state index is 0.00941. The van der Waals surface area contributed by atoms with Crippen LogP contribution in [0.1, 0.15) is 242 Å². The van der Waals surface area contributed by atoms with E-state index in [4.69, 9.17) is 14.2 Å². The van der Waals surface area contributed by atoms with Crippen molar-refractivity contribution in [3.63, 3.8) is 0 Å². The zero-order chi connectivity index (χ0) is 43.6. The van der Waals surface area contributed by atoms with Crippen LogP contribution in [-0.2, 0) is 28.6 Å². The second kappa shape index (κ2) is 29.6. The van der Waals surface area contributed by atoms with Crippen molar-refractivity contribution in [2.75, 3.05) is 33.4 Å². The topological polar surface area (TPSA) is 82.1 Å². The predicted octanol–water partition coefficient (Wildman–Crippen LogP) is 14.2. The Morgan fingerprint density at radius 2 is 0.915 bits per heavy atom. The molecule has 2 saturated carbocycles. The summed E-state index contributed by atoms with van der Waals surface area (Å²) in [4.78, 5) is 41.8. The van der Waals surface area contributed by atoms with Gasteiger partial charge in [-0.3, -0.25) is 14.4 Å². The monoisotopic (exact) mass is 832 g/mol. The van der Waals surface area contributed by atoms with Crippen LogP contribution in [0.5, 0.6) is 0 Å². The van der Waals surface area contributed by atoms with Gasteiger partial charge in [-0.05, 0) is 119 Å². The first-order chi connectivity index (χ1) is 28.2. The second-order valence-corrected chi connectivity index (χ2v) is 21.0. The molecule has 0 aromatic carbocycles. The summed E-state index contributed by atoms with van der Waals surface area (Å²) in [5.74, 6) is 1.60. The lowest BCUT2D eigenvalue weighted by Gasteiger charge is -2.58. The fraction of sp³-hybridized carbons (Fsp3) is 0.942. The number of hydrogen-bond donors (Lipinski definition) is 0. The average Bonchev–Trinajstić information content (AvgIpc) is 3.18. The standard InChI is InChI=1S/C52H97NO6/c1-10-14-18-22-44(23-19-15-11-2)29-35-57-47(54)26-31-50(7)38-46-39-51(8,32-27-48(55)59-37-34-53(9)43(5)6)42-52(40-46,41-50)33-28-49(56)58-36-30-45(24-20-16-12-3)25-21-17-13-4/h43-46H,10-42H2,1-9H3. The maximum Gasteiger partial charge on any atom is 0.305 e. The minimum Gasteiger partial charge on any atom is -0.466 e. The number of likely N-dealkylation sites (N-methyl/N-ethyl adjacent to an activating group) is 1. The van der Waals surface area contributed by atoms with Crippen molar-refractivity contribution in [3.8, 4) is 0 Å². The number of hydrogen-bond acceptors (Lipinski definition) is 7. The summed E-state index contributed by atoms with van der Waals surface area (Å²) in [6, 6.07) is 0.417. The van der Waals surface area contributed by atoms with Gasteiger partial charge in [0.2, 0.25) is 0 Å². The third-order valence-corrected chi connectivity index (χ3v) is 14.6. The highest BCUT2D eigenvalue weighted by Gasteiger charge is 2.53. The number of carbonyl (C=O) groups excluding carboxylic acids is 3. The van der Waals surface area contributed by atoms with Crippen LogP contribution in [0, 0.1) is 34.0 Å². The van der Waals surface area contributed by atoms with Crippen molar-refractivity contribution in [1.82, 2.24) is 4.90 Å². The smallest absolute Gasteiger partial charge is 0.305 e. The quantitative estimate of drug-likeness (QED) is 0.0357. The van der Waals surface area contributed by atoms with Crippen molar-refractivity contribution in [3.05, 3.63) is 0 Å². The maximum atomic E-state index is 13.4. The van der Waals surface area contributed by atoms with E-state index in [0.717, 1.165) is 70.8 Å². The maximum absolute atomic E-state index is 13.4. The summed E-state index contributed by atoms with van der Waals surface area (Å²) in [6.07, 6.45) is 31.2. The molecule has 2 aliphatic carbocycles. The van der Waals surface area contributed by atoms with Crippen molar-refractivity contribution >= 4 is 17.9 Å². The van der Waals surface area contributed by atoms with Crippen LogP contribution in [0.3, 0.4) is 0 Å². The van der Waals surface area contributed by atoms with E-state index in [2.05, 4.69) is 67.3 Å². The van der Waals surface area contributed by atoms with Crippen LogP contribution in [0.2, 0.25) is 0 Å². The molecule has 0 amide bonds. The molecule has 0 heterocycles. The third-order valence-electron chi connectivity index (χ3n) is 14.6. The number of rotatable bonds is 35. The van der Waals surface area contributed by atoms with Crippen LogP contribution < -0.4 is 0 Å². The van der Waals surface area contributed by atoms with Crippen molar-refractivity contribution in [2.24, 2.45) is 34.0 Å². The van der Waals surface area contributed by atoms with E-state index >= 15 is 0 Å². The molecule has 7 nitrogen and oxygen atoms in total. The summed E-state index contributed by atoms with van der Waals surface area (Å²) in [6.45, 7) is 20.4. The molecule has 59 heavy (non-hydrogen) atoms. The van der Waals surface area contributed by atoms with Gasteiger partial charge in [-0.25, -0.2) is 0 Å². The van der Waals surface area contributed by atoms with Gasteiger partial charge in [0.1, 0.15) is 6.61 Å². The summed E-state index contributed by atoms with van der Waals surface area (Å²) >= 11 is 0. The summed E-state index contributed by atoms with van der Waals surface area (Å²) in [7, 11) is 2.06. The Kier molecular flexibility index (Phi) is 26.9. The molecule has 4 atom stereocenters. The predicted molar refractivity (Wildman–Crippen MR) is 246 cm³/mol. The van der Waals surface area contributed by atoms with Crippen molar-refractivity contribution < 1.29 is 28.6 Å². The van der Waals surface area contributed by atoms with Gasteiger partial charge in [-0.1, -0.05) is 144 Å². The molecule has 346 valence electrons. The Hall–Kier alpha value is -1.63. The van der Waals surface area contributed by atoms with Crippen LogP contribution in [-0.4, -0.2) is 62.3 Å². The van der Waals surface area contributed by atoms with Gasteiger partial charge in [0, 0.05) is 31.8 Å². The van der Waals surface area contributed by atoms with Gasteiger partial charge in [0.25, 0.3) is 0 Å². The first-order valence-electron chi connectivity index (χ1n) is 25.4. The third kappa shape index (κ3) is 22.9. The van der Waals surface area contributed by atoms with E-state index in [-0.39, 0.29) is 34.2 Å². The fourth-order valence-corrected chi connectivity index (χ4v) is 11.3. The van der Waals surface area contributed by atoms with E-state index in [9.17, 15) is 14.4 Å². The Balaban J connectivity index is 2.06. The Labute approximate surface area is 365 Å². The molecule has 2 fully saturated rings. The van der Waals surface area contributed by atoms with E-state index in [1.807, 2.05) is 0 Å². The highest BCUT2D eigenvalue weighted by molar-refractivity contribution is 5.70. The molecular formula is C52H97NO6. The zero-order valence-electron chi connectivity index (χ0n) is 40.5. The average molecular weight is 832 g/mol. The summed E-state index contributed by atoms with van der Waals surface area (Å²) in [5, 5.41) is 0. The molecule has 0 spiro atoms. The molecular weight excluding hydrogens is 735 g/mol. The molecule has 4 unspecified atom stereocenters. The van der Waals surface area contributed by atoms with Crippen molar-refractivity contribution in [2.45, 2.75) is 248 Å². The minimum atomic E-state index is -0.101. The highest BCUT2D eigenvalue weighted by atomic mass is 16.5. The summed E-state index contributed by atoms with van der Waals surface area (Å²) < 4.78 is 17.6. The molecule has 2 bridgehead atoms. The first kappa shape index (κ1) is 53.5. The number of fused-ring (bicyclic) bond motifs is 2. The molecule has 0 saturated heterocycles. The molecule has 2 rings (SSSR count). The van der Waals surface area contributed by atoms with Crippen molar-refractivity contribution in [1.29, 1.82) is 0 Å². The van der Waals surface area contributed by atoms with Gasteiger partial charge in [0.05, 0.1) is 13.2 Å². The normalized spacial score (nSPS) is 23.0. The van der Waals surface area contributed by atoms with Gasteiger partial charge in [0.15, 0.2) is 0 Å². The lowest BCUT2D eigenvalue weighted by atomic mass is 9.47.